The summed E-state index contributed by atoms with van der Waals surface area (Å²) < 4.78 is 0. The van der Waals surface area contributed by atoms with Gasteiger partial charge in [0.2, 0.25) is 5.13 Å². The van der Waals surface area contributed by atoms with E-state index in [1.807, 2.05) is 13.8 Å². The Bertz CT molecular complexity index is 526. The van der Waals surface area contributed by atoms with Crippen molar-refractivity contribution in [3.63, 3.8) is 0 Å². The van der Waals surface area contributed by atoms with Crippen LogP contribution in [-0.2, 0) is 0 Å². The lowest BCUT2D eigenvalue weighted by Crippen LogP contribution is -2.20. The molecule has 0 aliphatic carbocycles. The summed E-state index contributed by atoms with van der Waals surface area (Å²) in [5.41, 5.74) is 0. The minimum Gasteiger partial charge on any atom is -0.291 e. The molecule has 0 fully saturated rings. The van der Waals surface area contributed by atoms with Crippen molar-refractivity contribution < 1.29 is 4.79 Å². The van der Waals surface area contributed by atoms with Crippen LogP contribution in [0.4, 0.5) is 15.7 Å². The molecule has 0 unspecified atom stereocenters. The van der Waals surface area contributed by atoms with E-state index in [-0.39, 0.29) is 0 Å². The molecule has 0 aliphatic heterocycles. The summed E-state index contributed by atoms with van der Waals surface area (Å²) in [4.78, 5) is 19.4. The molecule has 18 heavy (non-hydrogen) atoms. The van der Waals surface area contributed by atoms with E-state index in [0.29, 0.717) is 16.9 Å². The van der Waals surface area contributed by atoms with Crippen molar-refractivity contribution in [3.05, 3.63) is 23.6 Å². The first-order chi connectivity index (χ1) is 8.65. The zero-order valence-corrected chi connectivity index (χ0v) is 10.7. The van der Waals surface area contributed by atoms with Crippen molar-refractivity contribution in [1.82, 2.24) is 20.2 Å². The number of hydrogen-bond donors (Lipinski definition) is 2. The molecule has 2 aromatic rings. The maximum absolute atomic E-state index is 11.6. The fraction of sp³-hybridized carbons (Fsp3) is 0.300. The molecule has 0 bridgehead atoms. The minimum absolute atomic E-state index is 0.293. The Morgan fingerprint density at radius 1 is 1.28 bits per heavy atom. The Morgan fingerprint density at radius 3 is 2.72 bits per heavy atom. The van der Waals surface area contributed by atoms with Crippen molar-refractivity contribution in [1.29, 1.82) is 0 Å². The second kappa shape index (κ2) is 5.50. The topological polar surface area (TPSA) is 92.7 Å². The van der Waals surface area contributed by atoms with Crippen LogP contribution >= 0.6 is 11.3 Å². The van der Waals surface area contributed by atoms with Gasteiger partial charge in [0.1, 0.15) is 5.01 Å². The van der Waals surface area contributed by atoms with E-state index < -0.39 is 6.03 Å². The molecular formula is C10H12N6OS. The molecule has 0 saturated carbocycles. The minimum atomic E-state index is -0.415. The van der Waals surface area contributed by atoms with E-state index >= 15 is 0 Å². The van der Waals surface area contributed by atoms with Crippen LogP contribution in [0, 0.1) is 0 Å². The van der Waals surface area contributed by atoms with Gasteiger partial charge < -0.3 is 0 Å². The molecule has 2 heterocycles. The van der Waals surface area contributed by atoms with Crippen molar-refractivity contribution >= 4 is 28.3 Å². The molecule has 2 N–H and O–H groups in total. The van der Waals surface area contributed by atoms with Gasteiger partial charge in [-0.2, -0.15) is 0 Å². The van der Waals surface area contributed by atoms with Crippen molar-refractivity contribution in [3.8, 4) is 0 Å². The maximum Gasteiger partial charge on any atom is 0.326 e. The molecule has 0 spiro atoms. The fourth-order valence-corrected chi connectivity index (χ4v) is 1.87. The van der Waals surface area contributed by atoms with Gasteiger partial charge in [-0.3, -0.25) is 15.6 Å². The summed E-state index contributed by atoms with van der Waals surface area (Å²) >= 11 is 1.35. The average Bonchev–Trinajstić information content (AvgIpc) is 2.78. The first kappa shape index (κ1) is 12.4. The molecule has 94 valence electrons. The van der Waals surface area contributed by atoms with Crippen molar-refractivity contribution in [2.24, 2.45) is 0 Å². The monoisotopic (exact) mass is 264 g/mol. The van der Waals surface area contributed by atoms with Crippen LogP contribution < -0.4 is 10.6 Å². The molecule has 0 radical (unpaired) electrons. The summed E-state index contributed by atoms with van der Waals surface area (Å²) in [5.74, 6) is 0.671. The van der Waals surface area contributed by atoms with Crippen LogP contribution in [0.1, 0.15) is 24.8 Å². The first-order valence-electron chi connectivity index (χ1n) is 5.32. The van der Waals surface area contributed by atoms with E-state index in [4.69, 9.17) is 0 Å². The van der Waals surface area contributed by atoms with Crippen LogP contribution in [0.5, 0.6) is 0 Å². The van der Waals surface area contributed by atoms with Gasteiger partial charge in [0.05, 0.1) is 6.20 Å². The third-order valence-electron chi connectivity index (χ3n) is 1.96. The lowest BCUT2D eigenvalue weighted by Gasteiger charge is -2.02. The van der Waals surface area contributed by atoms with Crippen molar-refractivity contribution in [2.45, 2.75) is 19.8 Å². The van der Waals surface area contributed by atoms with Crippen LogP contribution in [0.15, 0.2) is 18.6 Å². The van der Waals surface area contributed by atoms with Gasteiger partial charge in [0.15, 0.2) is 5.82 Å². The number of carbonyl (C=O) groups excluding carboxylic acids is 1. The number of hydrogen-bond acceptors (Lipinski definition) is 6. The summed E-state index contributed by atoms with van der Waals surface area (Å²) in [6.07, 6.45) is 4.49. The van der Waals surface area contributed by atoms with E-state index in [2.05, 4.69) is 30.8 Å². The van der Waals surface area contributed by atoms with Gasteiger partial charge in [0, 0.05) is 18.3 Å². The highest BCUT2D eigenvalue weighted by atomic mass is 32.1. The highest BCUT2D eigenvalue weighted by molar-refractivity contribution is 7.15. The number of amides is 2. The fourth-order valence-electron chi connectivity index (χ4n) is 1.13. The van der Waals surface area contributed by atoms with Gasteiger partial charge >= 0.3 is 6.03 Å². The Morgan fingerprint density at radius 2 is 2.11 bits per heavy atom. The number of rotatable bonds is 3. The summed E-state index contributed by atoms with van der Waals surface area (Å²) in [5, 5.41) is 14.3. The molecule has 0 saturated heterocycles. The van der Waals surface area contributed by atoms with Gasteiger partial charge in [-0.05, 0) is 0 Å². The van der Waals surface area contributed by atoms with Gasteiger partial charge in [0.25, 0.3) is 0 Å². The quantitative estimate of drug-likeness (QED) is 0.885. The number of aromatic nitrogens is 4. The van der Waals surface area contributed by atoms with Gasteiger partial charge in [-0.1, -0.05) is 25.2 Å². The molecule has 0 aliphatic rings. The highest BCUT2D eigenvalue weighted by Gasteiger charge is 2.10. The molecule has 7 nitrogen and oxygen atoms in total. The molecule has 2 rings (SSSR count). The van der Waals surface area contributed by atoms with E-state index in [1.165, 1.54) is 29.9 Å². The van der Waals surface area contributed by atoms with Crippen LogP contribution in [0.3, 0.4) is 0 Å². The Balaban J connectivity index is 1.95. The molecule has 8 heteroatoms. The Labute approximate surface area is 108 Å². The van der Waals surface area contributed by atoms with Crippen LogP contribution in [-0.4, -0.2) is 26.2 Å². The van der Waals surface area contributed by atoms with E-state index in [0.717, 1.165) is 5.01 Å². The Hall–Kier alpha value is -2.09. The summed E-state index contributed by atoms with van der Waals surface area (Å²) in [7, 11) is 0. The predicted octanol–water partition coefficient (Wildman–Crippen LogP) is 2.10. The number of anilines is 2. The molecule has 0 atom stereocenters. The lowest BCUT2D eigenvalue weighted by molar-refractivity contribution is 0.262. The van der Waals surface area contributed by atoms with Crippen LogP contribution in [0.2, 0.25) is 0 Å². The summed E-state index contributed by atoms with van der Waals surface area (Å²) in [6.45, 7) is 4.04. The SMILES string of the molecule is CC(C)c1nnc(NC(=O)Nc2cnccn2)s1. The number of nitrogens with one attached hydrogen (secondary N) is 2. The first-order valence-corrected chi connectivity index (χ1v) is 6.14. The maximum atomic E-state index is 11.6. The average molecular weight is 264 g/mol. The number of nitrogens with zero attached hydrogens (tertiary/aromatic N) is 4. The molecule has 2 aromatic heterocycles. The lowest BCUT2D eigenvalue weighted by atomic mass is 10.2. The van der Waals surface area contributed by atoms with Gasteiger partial charge in [-0.15, -0.1) is 10.2 Å². The largest absolute Gasteiger partial charge is 0.326 e. The summed E-state index contributed by atoms with van der Waals surface area (Å²) in [6, 6.07) is -0.415. The zero-order valence-electron chi connectivity index (χ0n) is 9.91. The Kier molecular flexibility index (Phi) is 3.78. The number of urea groups is 1. The second-order valence-electron chi connectivity index (χ2n) is 3.77. The van der Waals surface area contributed by atoms with Crippen LogP contribution in [0.25, 0.3) is 0 Å². The third kappa shape index (κ3) is 3.20. The predicted molar refractivity (Wildman–Crippen MR) is 68.7 cm³/mol. The molecule has 2 amide bonds. The molecular weight excluding hydrogens is 252 g/mol. The number of carbonyl (C=O) groups is 1. The smallest absolute Gasteiger partial charge is 0.291 e. The van der Waals surface area contributed by atoms with E-state index in [9.17, 15) is 4.79 Å². The molecule has 0 aromatic carbocycles. The van der Waals surface area contributed by atoms with E-state index in [1.54, 1.807) is 0 Å². The van der Waals surface area contributed by atoms with Crippen molar-refractivity contribution in [2.75, 3.05) is 10.6 Å². The van der Waals surface area contributed by atoms with Gasteiger partial charge in [-0.25, -0.2) is 9.78 Å². The second-order valence-corrected chi connectivity index (χ2v) is 4.78. The normalized spacial score (nSPS) is 10.4. The zero-order chi connectivity index (χ0) is 13.0. The standard InChI is InChI=1S/C10H12N6OS/c1-6(2)8-15-16-10(18-8)14-9(17)13-7-5-11-3-4-12-7/h3-6H,1-2H3,(H2,12,13,14,16,17). The third-order valence-corrected chi connectivity index (χ3v) is 3.10. The highest BCUT2D eigenvalue weighted by Crippen LogP contribution is 2.22.